The molecule has 2 N–H and O–H groups in total. The summed E-state index contributed by atoms with van der Waals surface area (Å²) >= 11 is 0. The molecule has 0 saturated heterocycles. The molecule has 0 spiro atoms. The number of carbonyl (C=O) groups excluding carboxylic acids is 1. The van der Waals surface area contributed by atoms with Crippen molar-refractivity contribution in [2.45, 2.75) is 46.0 Å². The molecule has 0 aliphatic rings. The van der Waals surface area contributed by atoms with E-state index in [0.717, 1.165) is 45.3 Å². The van der Waals surface area contributed by atoms with Gasteiger partial charge < -0.3 is 10.6 Å². The van der Waals surface area contributed by atoms with Crippen LogP contribution in [0.3, 0.4) is 0 Å². The van der Waals surface area contributed by atoms with Crippen molar-refractivity contribution in [1.29, 1.82) is 0 Å². The zero-order chi connectivity index (χ0) is 11.5. The fourth-order valence-corrected chi connectivity index (χ4v) is 1.26. The van der Waals surface area contributed by atoms with E-state index in [-0.39, 0.29) is 5.97 Å². The number of hydrogen-bond donors (Lipinski definition) is 1. The lowest BCUT2D eigenvalue weighted by Gasteiger charge is -2.18. The van der Waals surface area contributed by atoms with Crippen molar-refractivity contribution in [3.05, 3.63) is 0 Å². The molecule has 0 aromatic heterocycles. The highest BCUT2D eigenvalue weighted by Crippen LogP contribution is 2.02. The molecule has 0 aromatic rings. The summed E-state index contributed by atoms with van der Waals surface area (Å²) in [6.07, 6.45) is 4.89. The first-order valence-electron chi connectivity index (χ1n) is 5.90. The Morgan fingerprint density at radius 1 is 1.20 bits per heavy atom. The molecule has 4 heteroatoms. The average molecular weight is 216 g/mol. The van der Waals surface area contributed by atoms with Gasteiger partial charge in [-0.2, -0.15) is 0 Å². The standard InChI is InChI=1S/C11H24N2O2/c1-3-11(14)15-13(4-2)10-8-6-5-7-9-12/h3-10,12H2,1-2H3. The maximum atomic E-state index is 11.0. The predicted octanol–water partition coefficient (Wildman–Crippen LogP) is 1.70. The van der Waals surface area contributed by atoms with Gasteiger partial charge in [0.15, 0.2) is 0 Å². The van der Waals surface area contributed by atoms with Gasteiger partial charge in [0.05, 0.1) is 0 Å². The summed E-state index contributed by atoms with van der Waals surface area (Å²) in [7, 11) is 0. The van der Waals surface area contributed by atoms with Crippen LogP contribution in [-0.2, 0) is 9.63 Å². The maximum Gasteiger partial charge on any atom is 0.324 e. The van der Waals surface area contributed by atoms with Crippen molar-refractivity contribution in [2.24, 2.45) is 5.73 Å². The van der Waals surface area contributed by atoms with Crippen LogP contribution < -0.4 is 5.73 Å². The SMILES string of the molecule is CCC(=O)ON(CC)CCCCCCN. The lowest BCUT2D eigenvalue weighted by atomic mass is 10.2. The summed E-state index contributed by atoms with van der Waals surface area (Å²) in [5.74, 6) is -0.154. The van der Waals surface area contributed by atoms with Crippen LogP contribution in [0.1, 0.15) is 46.0 Å². The molecule has 0 unspecified atom stereocenters. The second-order valence-corrected chi connectivity index (χ2v) is 3.54. The minimum absolute atomic E-state index is 0.154. The lowest BCUT2D eigenvalue weighted by molar-refractivity contribution is -0.189. The Balaban J connectivity index is 3.48. The van der Waals surface area contributed by atoms with E-state index in [1.54, 1.807) is 12.0 Å². The third-order valence-corrected chi connectivity index (χ3v) is 2.23. The van der Waals surface area contributed by atoms with Crippen LogP contribution >= 0.6 is 0 Å². The van der Waals surface area contributed by atoms with E-state index in [1.165, 1.54) is 0 Å². The third kappa shape index (κ3) is 8.39. The van der Waals surface area contributed by atoms with Crippen LogP contribution in [-0.4, -0.2) is 30.7 Å². The van der Waals surface area contributed by atoms with Crippen LogP contribution in [0.25, 0.3) is 0 Å². The Kier molecular flexibility index (Phi) is 9.52. The van der Waals surface area contributed by atoms with Crippen molar-refractivity contribution < 1.29 is 9.63 Å². The fourth-order valence-electron chi connectivity index (χ4n) is 1.26. The van der Waals surface area contributed by atoms with Gasteiger partial charge in [-0.1, -0.05) is 19.8 Å². The van der Waals surface area contributed by atoms with E-state index in [9.17, 15) is 4.79 Å². The molecule has 0 fully saturated rings. The Bertz CT molecular complexity index is 163. The molecular weight excluding hydrogens is 192 g/mol. The molecule has 0 aliphatic carbocycles. The van der Waals surface area contributed by atoms with Crippen LogP contribution in [0.5, 0.6) is 0 Å². The Hall–Kier alpha value is -0.610. The van der Waals surface area contributed by atoms with E-state index in [0.29, 0.717) is 6.42 Å². The van der Waals surface area contributed by atoms with Crippen molar-refractivity contribution >= 4 is 5.97 Å². The summed E-state index contributed by atoms with van der Waals surface area (Å²) in [6, 6.07) is 0. The van der Waals surface area contributed by atoms with Gasteiger partial charge in [-0.25, -0.2) is 0 Å². The van der Waals surface area contributed by atoms with Gasteiger partial charge in [0.2, 0.25) is 0 Å². The molecule has 0 radical (unpaired) electrons. The molecule has 0 atom stereocenters. The van der Waals surface area contributed by atoms with Crippen molar-refractivity contribution in [2.75, 3.05) is 19.6 Å². The second-order valence-electron chi connectivity index (χ2n) is 3.54. The topological polar surface area (TPSA) is 55.6 Å². The summed E-state index contributed by atoms with van der Waals surface area (Å²) in [5, 5.41) is 1.73. The quantitative estimate of drug-likeness (QED) is 0.471. The minimum Gasteiger partial charge on any atom is -0.368 e. The zero-order valence-electron chi connectivity index (χ0n) is 10.00. The van der Waals surface area contributed by atoms with Gasteiger partial charge in [-0.3, -0.25) is 4.79 Å². The number of hydrogen-bond acceptors (Lipinski definition) is 4. The van der Waals surface area contributed by atoms with Gasteiger partial charge >= 0.3 is 5.97 Å². The average Bonchev–Trinajstić information content (AvgIpc) is 2.26. The Morgan fingerprint density at radius 2 is 1.87 bits per heavy atom. The summed E-state index contributed by atoms with van der Waals surface area (Å²) in [4.78, 5) is 16.2. The fraction of sp³-hybridized carbons (Fsp3) is 0.909. The molecule has 0 rings (SSSR count). The number of carbonyl (C=O) groups is 1. The van der Waals surface area contributed by atoms with Crippen molar-refractivity contribution in [3.8, 4) is 0 Å². The smallest absolute Gasteiger partial charge is 0.324 e. The molecule has 0 aliphatic heterocycles. The number of nitrogens with two attached hydrogens (primary N) is 1. The molecular formula is C11H24N2O2. The van der Waals surface area contributed by atoms with Crippen LogP contribution in [0.4, 0.5) is 0 Å². The molecule has 0 amide bonds. The summed E-state index contributed by atoms with van der Waals surface area (Å²) < 4.78 is 0. The number of nitrogens with zero attached hydrogens (tertiary/aromatic N) is 1. The molecule has 15 heavy (non-hydrogen) atoms. The van der Waals surface area contributed by atoms with E-state index in [2.05, 4.69) is 0 Å². The molecule has 0 saturated carbocycles. The molecule has 4 nitrogen and oxygen atoms in total. The highest BCUT2D eigenvalue weighted by molar-refractivity contribution is 5.68. The third-order valence-electron chi connectivity index (χ3n) is 2.23. The van der Waals surface area contributed by atoms with E-state index in [1.807, 2.05) is 6.92 Å². The molecule has 0 bridgehead atoms. The van der Waals surface area contributed by atoms with E-state index in [4.69, 9.17) is 10.6 Å². The number of hydroxylamine groups is 2. The summed E-state index contributed by atoms with van der Waals surface area (Å²) in [6.45, 7) is 6.14. The lowest BCUT2D eigenvalue weighted by Crippen LogP contribution is -2.27. The highest BCUT2D eigenvalue weighted by atomic mass is 16.7. The zero-order valence-corrected chi connectivity index (χ0v) is 10.00. The van der Waals surface area contributed by atoms with Gasteiger partial charge in [0.1, 0.15) is 0 Å². The van der Waals surface area contributed by atoms with Crippen molar-refractivity contribution in [1.82, 2.24) is 5.06 Å². The molecule has 90 valence electrons. The van der Waals surface area contributed by atoms with E-state index < -0.39 is 0 Å². The molecule has 0 aromatic carbocycles. The number of rotatable bonds is 9. The Morgan fingerprint density at radius 3 is 2.40 bits per heavy atom. The maximum absolute atomic E-state index is 11.0. The minimum atomic E-state index is -0.154. The Labute approximate surface area is 92.7 Å². The van der Waals surface area contributed by atoms with Crippen LogP contribution in [0.2, 0.25) is 0 Å². The predicted molar refractivity (Wildman–Crippen MR) is 61.2 cm³/mol. The first-order valence-corrected chi connectivity index (χ1v) is 5.90. The van der Waals surface area contributed by atoms with Crippen LogP contribution in [0, 0.1) is 0 Å². The van der Waals surface area contributed by atoms with Gasteiger partial charge in [0, 0.05) is 19.5 Å². The van der Waals surface area contributed by atoms with Gasteiger partial charge in [0.25, 0.3) is 0 Å². The van der Waals surface area contributed by atoms with E-state index >= 15 is 0 Å². The normalized spacial score (nSPS) is 10.7. The van der Waals surface area contributed by atoms with Gasteiger partial charge in [-0.05, 0) is 26.3 Å². The highest BCUT2D eigenvalue weighted by Gasteiger charge is 2.07. The number of unbranched alkanes of at least 4 members (excludes halogenated alkanes) is 3. The molecule has 0 heterocycles. The first-order chi connectivity index (χ1) is 7.24. The monoisotopic (exact) mass is 216 g/mol. The van der Waals surface area contributed by atoms with Gasteiger partial charge in [-0.15, -0.1) is 5.06 Å². The first kappa shape index (κ1) is 14.4. The second kappa shape index (κ2) is 9.93. The van der Waals surface area contributed by atoms with Crippen LogP contribution in [0.15, 0.2) is 0 Å². The summed E-state index contributed by atoms with van der Waals surface area (Å²) in [5.41, 5.74) is 5.40. The van der Waals surface area contributed by atoms with Crippen molar-refractivity contribution in [3.63, 3.8) is 0 Å². The largest absolute Gasteiger partial charge is 0.368 e.